The van der Waals surface area contributed by atoms with Gasteiger partial charge in [-0.15, -0.1) is 0 Å². The van der Waals surface area contributed by atoms with Crippen molar-refractivity contribution in [3.8, 4) is 6.07 Å². The lowest BCUT2D eigenvalue weighted by molar-refractivity contribution is -0.123. The largest absolute Gasteiger partial charge is 0.449 e. The van der Waals surface area contributed by atoms with Crippen LogP contribution in [-0.4, -0.2) is 23.9 Å². The number of nitriles is 1. The summed E-state index contributed by atoms with van der Waals surface area (Å²) >= 11 is 0. The molecule has 150 valence electrons. The van der Waals surface area contributed by atoms with Crippen LogP contribution in [0.4, 0.5) is 11.4 Å². The molecule has 0 aromatic heterocycles. The number of nitrogens with one attached hydrogen (secondary N) is 2. The molecule has 2 aromatic carbocycles. The van der Waals surface area contributed by atoms with E-state index >= 15 is 0 Å². The fraction of sp³-hybridized carbons (Fsp3) is 0.273. The van der Waals surface area contributed by atoms with E-state index in [-0.39, 0.29) is 12.0 Å². The second-order valence-electron chi connectivity index (χ2n) is 6.77. The van der Waals surface area contributed by atoms with Crippen LogP contribution in [0.3, 0.4) is 0 Å². The fourth-order valence-electron chi connectivity index (χ4n) is 2.85. The normalized spacial score (nSPS) is 11.1. The highest BCUT2D eigenvalue weighted by atomic mass is 16.5. The Bertz CT molecular complexity index is 952. The summed E-state index contributed by atoms with van der Waals surface area (Å²) < 4.78 is 5.25. The van der Waals surface area contributed by atoms with Gasteiger partial charge in [-0.2, -0.15) is 5.26 Å². The molecule has 2 aromatic rings. The highest BCUT2D eigenvalue weighted by Gasteiger charge is 2.20. The molecule has 1 atom stereocenters. The first-order chi connectivity index (χ1) is 13.7. The second kappa shape index (κ2) is 9.51. The molecule has 2 rings (SSSR count). The van der Waals surface area contributed by atoms with Crippen molar-refractivity contribution in [3.05, 3.63) is 58.7 Å². The van der Waals surface area contributed by atoms with Gasteiger partial charge in [-0.05, 0) is 63.1 Å². The van der Waals surface area contributed by atoms with Gasteiger partial charge in [0, 0.05) is 11.4 Å². The fourth-order valence-corrected chi connectivity index (χ4v) is 2.85. The van der Waals surface area contributed by atoms with Gasteiger partial charge in [0.25, 0.3) is 5.91 Å². The number of amides is 2. The molecule has 2 amide bonds. The van der Waals surface area contributed by atoms with Gasteiger partial charge >= 0.3 is 5.97 Å². The van der Waals surface area contributed by atoms with Crippen LogP contribution in [0.15, 0.2) is 36.4 Å². The van der Waals surface area contributed by atoms with Crippen molar-refractivity contribution in [1.82, 2.24) is 0 Å². The smallest absolute Gasteiger partial charge is 0.338 e. The van der Waals surface area contributed by atoms with Gasteiger partial charge in [0.1, 0.15) is 6.42 Å². The monoisotopic (exact) mass is 393 g/mol. The number of esters is 1. The molecular formula is C22H23N3O4. The molecule has 0 aliphatic carbocycles. The third-order valence-electron chi connectivity index (χ3n) is 4.22. The minimum absolute atomic E-state index is 0.241. The number of hydrogen-bond donors (Lipinski definition) is 2. The molecule has 0 fully saturated rings. The van der Waals surface area contributed by atoms with Crippen molar-refractivity contribution in [3.63, 3.8) is 0 Å². The van der Waals surface area contributed by atoms with Crippen LogP contribution in [0, 0.1) is 32.1 Å². The summed E-state index contributed by atoms with van der Waals surface area (Å²) in [7, 11) is 0. The quantitative estimate of drug-likeness (QED) is 0.728. The average molecular weight is 393 g/mol. The van der Waals surface area contributed by atoms with E-state index in [1.807, 2.05) is 32.9 Å². The Morgan fingerprint density at radius 3 is 2.17 bits per heavy atom. The summed E-state index contributed by atoms with van der Waals surface area (Å²) in [5.74, 6) is -1.51. The number of benzene rings is 2. The van der Waals surface area contributed by atoms with Crippen LogP contribution in [0.25, 0.3) is 0 Å². The maximum atomic E-state index is 12.4. The van der Waals surface area contributed by atoms with E-state index in [4.69, 9.17) is 10.00 Å². The maximum Gasteiger partial charge on any atom is 0.338 e. The number of carbonyl (C=O) groups is 3. The van der Waals surface area contributed by atoms with Gasteiger partial charge < -0.3 is 15.4 Å². The van der Waals surface area contributed by atoms with E-state index in [0.29, 0.717) is 11.4 Å². The lowest BCUT2D eigenvalue weighted by Crippen LogP contribution is -2.30. The first-order valence-electron chi connectivity index (χ1n) is 9.08. The molecule has 0 heterocycles. The molecule has 7 heteroatoms. The molecule has 2 N–H and O–H groups in total. The third kappa shape index (κ3) is 5.91. The van der Waals surface area contributed by atoms with Gasteiger partial charge in [-0.25, -0.2) is 4.79 Å². The molecule has 0 spiro atoms. The summed E-state index contributed by atoms with van der Waals surface area (Å²) in [4.78, 5) is 36.1. The van der Waals surface area contributed by atoms with Crippen LogP contribution in [-0.2, 0) is 14.3 Å². The number of carbonyl (C=O) groups excluding carboxylic acids is 3. The predicted octanol–water partition coefficient (Wildman–Crippen LogP) is 3.65. The van der Waals surface area contributed by atoms with Crippen LogP contribution in [0.1, 0.15) is 40.4 Å². The van der Waals surface area contributed by atoms with Crippen molar-refractivity contribution in [2.45, 2.75) is 40.2 Å². The molecule has 0 saturated carbocycles. The van der Waals surface area contributed by atoms with Crippen LogP contribution >= 0.6 is 0 Å². The van der Waals surface area contributed by atoms with Gasteiger partial charge in [0.05, 0.1) is 11.6 Å². The van der Waals surface area contributed by atoms with Crippen molar-refractivity contribution in [2.75, 3.05) is 10.6 Å². The van der Waals surface area contributed by atoms with E-state index in [2.05, 4.69) is 10.6 Å². The number of ether oxygens (including phenoxy) is 1. The Hall–Kier alpha value is -3.66. The summed E-state index contributed by atoms with van der Waals surface area (Å²) in [6.07, 6.45) is -1.24. The highest BCUT2D eigenvalue weighted by Crippen LogP contribution is 2.22. The van der Waals surface area contributed by atoms with E-state index < -0.39 is 23.9 Å². The first kappa shape index (κ1) is 21.6. The predicted molar refractivity (Wildman–Crippen MR) is 109 cm³/mol. The summed E-state index contributed by atoms with van der Waals surface area (Å²) in [6.45, 7) is 7.30. The molecule has 7 nitrogen and oxygen atoms in total. The van der Waals surface area contributed by atoms with Gasteiger partial charge in [-0.3, -0.25) is 9.59 Å². The minimum Gasteiger partial charge on any atom is -0.449 e. The molecular weight excluding hydrogens is 370 g/mol. The summed E-state index contributed by atoms with van der Waals surface area (Å²) in [5, 5.41) is 13.8. The average Bonchev–Trinajstić information content (AvgIpc) is 2.65. The van der Waals surface area contributed by atoms with Crippen molar-refractivity contribution < 1.29 is 19.1 Å². The zero-order valence-electron chi connectivity index (χ0n) is 16.8. The number of rotatable bonds is 6. The number of hydrogen-bond acceptors (Lipinski definition) is 5. The third-order valence-corrected chi connectivity index (χ3v) is 4.22. The number of aryl methyl sites for hydroxylation is 3. The molecule has 0 unspecified atom stereocenters. The Kier molecular flexibility index (Phi) is 7.10. The Balaban J connectivity index is 1.99. The molecule has 0 aliphatic rings. The lowest BCUT2D eigenvalue weighted by atomic mass is 10.0. The summed E-state index contributed by atoms with van der Waals surface area (Å²) in [5.41, 5.74) is 4.38. The Labute approximate surface area is 169 Å². The maximum absolute atomic E-state index is 12.4. The highest BCUT2D eigenvalue weighted by molar-refractivity contribution is 5.98. The van der Waals surface area contributed by atoms with Crippen LogP contribution < -0.4 is 10.6 Å². The van der Waals surface area contributed by atoms with Gasteiger partial charge in [0.2, 0.25) is 5.91 Å². The Morgan fingerprint density at radius 2 is 1.62 bits per heavy atom. The van der Waals surface area contributed by atoms with Crippen molar-refractivity contribution in [2.24, 2.45) is 0 Å². The number of nitrogens with zero attached hydrogens (tertiary/aromatic N) is 1. The lowest BCUT2D eigenvalue weighted by Gasteiger charge is -2.17. The summed E-state index contributed by atoms with van der Waals surface area (Å²) in [6, 6.07) is 11.7. The molecule has 0 radical (unpaired) electrons. The van der Waals surface area contributed by atoms with Gasteiger partial charge in [-0.1, -0.05) is 17.7 Å². The van der Waals surface area contributed by atoms with E-state index in [0.717, 1.165) is 16.7 Å². The zero-order chi connectivity index (χ0) is 21.6. The number of anilines is 2. The first-order valence-corrected chi connectivity index (χ1v) is 9.08. The van der Waals surface area contributed by atoms with Crippen LogP contribution in [0.2, 0.25) is 0 Å². The van der Waals surface area contributed by atoms with Crippen LogP contribution in [0.5, 0.6) is 0 Å². The van der Waals surface area contributed by atoms with Gasteiger partial charge in [0.15, 0.2) is 6.10 Å². The van der Waals surface area contributed by atoms with Crippen molar-refractivity contribution >= 4 is 29.2 Å². The van der Waals surface area contributed by atoms with E-state index in [1.54, 1.807) is 6.07 Å². The zero-order valence-corrected chi connectivity index (χ0v) is 16.8. The van der Waals surface area contributed by atoms with E-state index in [1.165, 1.54) is 31.2 Å². The molecule has 0 saturated heterocycles. The standard InChI is InChI=1S/C22H23N3O4/c1-13-11-14(2)20(15(3)12-13)25-21(27)16(4)29-22(28)17-5-7-18(8-6-17)24-19(26)9-10-23/h5-8,11-12,16H,9H2,1-4H3,(H,24,26)(H,25,27)/t16-/m1/s1. The van der Waals surface area contributed by atoms with Crippen molar-refractivity contribution in [1.29, 1.82) is 5.26 Å². The molecule has 0 bridgehead atoms. The Morgan fingerprint density at radius 1 is 1.03 bits per heavy atom. The van der Waals surface area contributed by atoms with E-state index in [9.17, 15) is 14.4 Å². The topological polar surface area (TPSA) is 108 Å². The molecule has 0 aliphatic heterocycles. The SMILES string of the molecule is Cc1cc(C)c(NC(=O)[C@@H](C)OC(=O)c2ccc(NC(=O)CC#N)cc2)c(C)c1. The minimum atomic E-state index is -0.988. The molecule has 29 heavy (non-hydrogen) atoms. The second-order valence-corrected chi connectivity index (χ2v) is 6.77.